The van der Waals surface area contributed by atoms with Crippen molar-refractivity contribution in [2.75, 3.05) is 32.2 Å². The van der Waals surface area contributed by atoms with Crippen LogP contribution in [0, 0.1) is 0 Å². The zero-order valence-corrected chi connectivity index (χ0v) is 13.6. The molecule has 0 aromatic heterocycles. The first kappa shape index (κ1) is 18.3. The minimum Gasteiger partial charge on any atom is -0.381 e. The lowest BCUT2D eigenvalue weighted by atomic mass is 10.8. The zero-order valence-electron chi connectivity index (χ0n) is 9.66. The Kier molecular flexibility index (Phi) is 9.99. The van der Waals surface area contributed by atoms with Crippen LogP contribution in [0.15, 0.2) is 0 Å². The lowest BCUT2D eigenvalue weighted by Gasteiger charge is -2.19. The van der Waals surface area contributed by atoms with E-state index in [1.54, 1.807) is 6.92 Å². The molecule has 0 aromatic rings. The van der Waals surface area contributed by atoms with Gasteiger partial charge in [-0.2, -0.15) is 0 Å². The summed E-state index contributed by atoms with van der Waals surface area (Å²) in [5.41, 5.74) is 0. The van der Waals surface area contributed by atoms with Crippen LogP contribution in [0.3, 0.4) is 0 Å². The Labute approximate surface area is 121 Å². The molecule has 0 heterocycles. The van der Waals surface area contributed by atoms with E-state index in [-0.39, 0.29) is 13.2 Å². The summed E-state index contributed by atoms with van der Waals surface area (Å²) in [5.74, 6) is 0.491. The van der Waals surface area contributed by atoms with Crippen molar-refractivity contribution in [2.24, 2.45) is 0 Å². The highest BCUT2D eigenvalue weighted by molar-refractivity contribution is 8.55. The summed E-state index contributed by atoms with van der Waals surface area (Å²) in [6.45, 7) is 1.38. The zero-order chi connectivity index (χ0) is 13.4. The molecule has 0 fully saturated rings. The predicted molar refractivity (Wildman–Crippen MR) is 74.4 cm³/mol. The fourth-order valence-electron chi connectivity index (χ4n) is 0.775. The molecular formula is C8H16Cl3O4PS. The van der Waals surface area contributed by atoms with Crippen molar-refractivity contribution in [1.82, 2.24) is 0 Å². The molecule has 0 bridgehead atoms. The van der Waals surface area contributed by atoms with Gasteiger partial charge >= 0.3 is 6.80 Å². The number of ether oxygens (including phenoxy) is 1. The number of hydrogen-bond donors (Lipinski definition) is 0. The van der Waals surface area contributed by atoms with Gasteiger partial charge in [-0.25, -0.2) is 4.57 Å². The molecule has 0 aromatic carbocycles. The Morgan fingerprint density at radius 1 is 1.18 bits per heavy atom. The van der Waals surface area contributed by atoms with E-state index >= 15 is 0 Å². The van der Waals surface area contributed by atoms with Crippen molar-refractivity contribution >= 4 is 53.0 Å². The van der Waals surface area contributed by atoms with Crippen LogP contribution in [0.1, 0.15) is 13.8 Å². The summed E-state index contributed by atoms with van der Waals surface area (Å²) in [5, 5.41) is 0. The van der Waals surface area contributed by atoms with Gasteiger partial charge in [0.25, 0.3) is 0 Å². The van der Waals surface area contributed by atoms with Gasteiger partial charge in [-0.05, 0) is 25.2 Å². The molecule has 0 radical (unpaired) electrons. The maximum atomic E-state index is 12.1. The molecule has 0 rings (SSSR count). The second-order valence-corrected chi connectivity index (χ2v) is 9.49. The minimum absolute atomic E-state index is 0.263. The smallest absolute Gasteiger partial charge is 0.381 e. The second-order valence-electron chi connectivity index (χ2n) is 2.78. The van der Waals surface area contributed by atoms with Crippen molar-refractivity contribution in [2.45, 2.75) is 17.6 Å². The van der Waals surface area contributed by atoms with Crippen LogP contribution in [0.25, 0.3) is 0 Å². The van der Waals surface area contributed by atoms with Gasteiger partial charge in [0.1, 0.15) is 6.61 Å². The summed E-state index contributed by atoms with van der Waals surface area (Å²) in [7, 11) is 0. The van der Waals surface area contributed by atoms with Gasteiger partial charge in [0.2, 0.25) is 3.79 Å². The summed E-state index contributed by atoms with van der Waals surface area (Å²) in [4.78, 5) is 0. The maximum absolute atomic E-state index is 12.1. The first-order valence-corrected chi connectivity index (χ1v) is 9.28. The average molecular weight is 346 g/mol. The molecule has 4 nitrogen and oxygen atoms in total. The first-order valence-electron chi connectivity index (χ1n) is 5.01. The van der Waals surface area contributed by atoms with E-state index in [2.05, 4.69) is 0 Å². The monoisotopic (exact) mass is 344 g/mol. The van der Waals surface area contributed by atoms with Crippen molar-refractivity contribution < 1.29 is 18.3 Å². The van der Waals surface area contributed by atoms with Gasteiger partial charge in [-0.15, -0.1) is 0 Å². The second kappa shape index (κ2) is 9.27. The summed E-state index contributed by atoms with van der Waals surface area (Å²) in [6, 6.07) is 0. The highest BCUT2D eigenvalue weighted by Gasteiger charge is 2.30. The van der Waals surface area contributed by atoms with Crippen LogP contribution >= 0.6 is 53.0 Å². The molecule has 0 aliphatic rings. The van der Waals surface area contributed by atoms with E-state index in [4.69, 9.17) is 48.6 Å². The Morgan fingerprint density at radius 3 is 2.29 bits per heavy atom. The van der Waals surface area contributed by atoms with E-state index in [0.717, 1.165) is 11.4 Å². The van der Waals surface area contributed by atoms with E-state index in [0.29, 0.717) is 19.0 Å². The van der Waals surface area contributed by atoms with E-state index in [1.165, 1.54) is 0 Å². The topological polar surface area (TPSA) is 44.8 Å². The van der Waals surface area contributed by atoms with Crippen LogP contribution < -0.4 is 0 Å². The van der Waals surface area contributed by atoms with Gasteiger partial charge in [0.15, 0.2) is 0 Å². The normalized spacial score (nSPS) is 15.8. The Hall–Kier alpha value is 1.33. The van der Waals surface area contributed by atoms with Crippen LogP contribution in [-0.4, -0.2) is 36.0 Å². The highest BCUT2D eigenvalue weighted by atomic mass is 35.6. The van der Waals surface area contributed by atoms with Crippen molar-refractivity contribution in [3.05, 3.63) is 0 Å². The molecule has 0 saturated heterocycles. The largest absolute Gasteiger partial charge is 0.389 e. The average Bonchev–Trinajstić information content (AvgIpc) is 2.22. The van der Waals surface area contributed by atoms with Gasteiger partial charge in [0, 0.05) is 12.4 Å². The summed E-state index contributed by atoms with van der Waals surface area (Å²) < 4.78 is 25.8. The lowest BCUT2D eigenvalue weighted by Crippen LogP contribution is -2.12. The van der Waals surface area contributed by atoms with Crippen molar-refractivity contribution in [3.8, 4) is 0 Å². The number of hydrogen-bond acceptors (Lipinski definition) is 5. The van der Waals surface area contributed by atoms with Crippen molar-refractivity contribution in [1.29, 1.82) is 0 Å². The van der Waals surface area contributed by atoms with Gasteiger partial charge in [-0.1, -0.05) is 34.8 Å². The molecule has 0 spiro atoms. The number of rotatable bonds is 9. The molecule has 0 N–H and O–H groups in total. The van der Waals surface area contributed by atoms with Crippen LogP contribution in [0.2, 0.25) is 0 Å². The minimum atomic E-state index is -3.27. The maximum Gasteiger partial charge on any atom is 0.389 e. The molecular weight excluding hydrogens is 329 g/mol. The Bertz CT molecular complexity index is 249. The fourth-order valence-corrected chi connectivity index (χ4v) is 4.29. The van der Waals surface area contributed by atoms with Crippen LogP contribution in [-0.2, 0) is 18.3 Å². The van der Waals surface area contributed by atoms with E-state index < -0.39 is 10.6 Å². The first-order chi connectivity index (χ1) is 7.83. The standard InChI is InChI=1S/C8H16Cl3O4PS/c1-3-13-5-6-17-16(12,14-4-2)15-7-8(9,10)11/h3-7H2,1-2H3. The predicted octanol–water partition coefficient (Wildman–Crippen LogP) is 4.29. The third-order valence-electron chi connectivity index (χ3n) is 1.35. The fraction of sp³-hybridized carbons (Fsp3) is 1.00. The van der Waals surface area contributed by atoms with Gasteiger partial charge < -0.3 is 9.26 Å². The number of alkyl halides is 3. The quantitative estimate of drug-likeness (QED) is 0.354. The molecule has 104 valence electrons. The van der Waals surface area contributed by atoms with E-state index in [1.807, 2.05) is 6.92 Å². The third kappa shape index (κ3) is 10.9. The molecule has 1 atom stereocenters. The molecule has 0 amide bonds. The Morgan fingerprint density at radius 2 is 1.82 bits per heavy atom. The van der Waals surface area contributed by atoms with E-state index in [9.17, 15) is 4.57 Å². The molecule has 17 heavy (non-hydrogen) atoms. The molecule has 1 unspecified atom stereocenters. The van der Waals surface area contributed by atoms with Gasteiger partial charge in [-0.3, -0.25) is 4.52 Å². The summed E-state index contributed by atoms with van der Waals surface area (Å²) >= 11 is 17.6. The SMILES string of the molecule is CCOCCSP(=O)(OCC)OCC(Cl)(Cl)Cl. The van der Waals surface area contributed by atoms with Gasteiger partial charge in [0.05, 0.1) is 13.2 Å². The molecule has 0 aliphatic heterocycles. The molecule has 0 aliphatic carbocycles. The molecule has 9 heteroatoms. The van der Waals surface area contributed by atoms with Crippen molar-refractivity contribution in [3.63, 3.8) is 0 Å². The van der Waals surface area contributed by atoms with Crippen LogP contribution in [0.5, 0.6) is 0 Å². The number of halogens is 3. The Balaban J connectivity index is 4.11. The summed E-state index contributed by atoms with van der Waals surface area (Å²) in [6.07, 6.45) is 0. The lowest BCUT2D eigenvalue weighted by molar-refractivity contribution is 0.164. The van der Waals surface area contributed by atoms with Crippen LogP contribution in [0.4, 0.5) is 0 Å². The highest BCUT2D eigenvalue weighted by Crippen LogP contribution is 2.61. The molecule has 0 saturated carbocycles. The third-order valence-corrected chi connectivity index (χ3v) is 5.50.